The van der Waals surface area contributed by atoms with Crippen LogP contribution in [-0.2, 0) is 0 Å². The SMILES string of the molecule is c1ccc(-c2ccc(N(c3ccc(-c4ccc5c(c4)c4cc6c(cc4n5-c4ccccc4)c4ccccc4n6-c4ccccc4)cc3)c3ccc4c(c3)oc3ccccc34)cc2)cc1. The van der Waals surface area contributed by atoms with E-state index in [1.54, 1.807) is 0 Å². The minimum absolute atomic E-state index is 0.866. The Balaban J connectivity index is 0.959. The molecule has 0 saturated heterocycles. The fraction of sp³-hybridized carbons (Fsp3) is 0. The lowest BCUT2D eigenvalue weighted by Crippen LogP contribution is -2.09. The summed E-state index contributed by atoms with van der Waals surface area (Å²) in [4.78, 5) is 2.32. The van der Waals surface area contributed by atoms with E-state index in [0.717, 1.165) is 61.5 Å². The first-order valence-electron chi connectivity index (χ1n) is 21.8. The van der Waals surface area contributed by atoms with Crippen molar-refractivity contribution in [3.8, 4) is 33.6 Å². The van der Waals surface area contributed by atoms with Gasteiger partial charge in [-0.25, -0.2) is 0 Å². The number of benzene rings is 10. The van der Waals surface area contributed by atoms with Gasteiger partial charge < -0.3 is 18.5 Å². The van der Waals surface area contributed by atoms with E-state index in [1.807, 2.05) is 12.1 Å². The van der Waals surface area contributed by atoms with Crippen LogP contribution >= 0.6 is 0 Å². The van der Waals surface area contributed by atoms with Crippen molar-refractivity contribution in [1.82, 2.24) is 9.13 Å². The van der Waals surface area contributed by atoms with Gasteiger partial charge >= 0.3 is 0 Å². The number of hydrogen-bond acceptors (Lipinski definition) is 2. The van der Waals surface area contributed by atoms with Crippen molar-refractivity contribution in [2.24, 2.45) is 0 Å². The van der Waals surface area contributed by atoms with E-state index in [9.17, 15) is 0 Å². The van der Waals surface area contributed by atoms with E-state index in [1.165, 1.54) is 54.7 Å². The summed E-state index contributed by atoms with van der Waals surface area (Å²) in [5, 5.41) is 7.15. The lowest BCUT2D eigenvalue weighted by atomic mass is 10.0. The predicted molar refractivity (Wildman–Crippen MR) is 268 cm³/mol. The van der Waals surface area contributed by atoms with Gasteiger partial charge in [-0.15, -0.1) is 0 Å². The second-order valence-electron chi connectivity index (χ2n) is 16.6. The van der Waals surface area contributed by atoms with E-state index in [0.29, 0.717) is 0 Å². The molecule has 0 radical (unpaired) electrons. The molecule has 0 N–H and O–H groups in total. The number of nitrogens with zero attached hydrogens (tertiary/aromatic N) is 3. The molecule has 4 nitrogen and oxygen atoms in total. The van der Waals surface area contributed by atoms with E-state index >= 15 is 0 Å². The van der Waals surface area contributed by atoms with Crippen molar-refractivity contribution in [1.29, 1.82) is 0 Å². The Morgan fingerprint density at radius 1 is 0.266 bits per heavy atom. The predicted octanol–water partition coefficient (Wildman–Crippen LogP) is 16.6. The van der Waals surface area contributed by atoms with Crippen LogP contribution in [0.1, 0.15) is 0 Å². The molecule has 13 rings (SSSR count). The topological polar surface area (TPSA) is 26.2 Å². The summed E-state index contributed by atoms with van der Waals surface area (Å²) in [7, 11) is 0. The van der Waals surface area contributed by atoms with Gasteiger partial charge in [-0.1, -0.05) is 133 Å². The second-order valence-corrected chi connectivity index (χ2v) is 16.6. The Kier molecular flexibility index (Phi) is 8.18. The highest BCUT2D eigenvalue weighted by molar-refractivity contribution is 6.19. The zero-order chi connectivity index (χ0) is 42.1. The molecule has 3 heterocycles. The van der Waals surface area contributed by atoms with Crippen molar-refractivity contribution >= 4 is 82.6 Å². The number of hydrogen-bond donors (Lipinski definition) is 0. The quantitative estimate of drug-likeness (QED) is 0.160. The molecule has 10 aromatic carbocycles. The molecular weight excluding hydrogens is 779 g/mol. The maximum absolute atomic E-state index is 6.40. The molecular formula is C60H39N3O. The van der Waals surface area contributed by atoms with E-state index in [4.69, 9.17) is 4.42 Å². The third kappa shape index (κ3) is 5.77. The summed E-state index contributed by atoms with van der Waals surface area (Å²) < 4.78 is 11.2. The smallest absolute Gasteiger partial charge is 0.137 e. The molecule has 0 saturated carbocycles. The number of aromatic nitrogens is 2. The summed E-state index contributed by atoms with van der Waals surface area (Å²) in [6.45, 7) is 0. The monoisotopic (exact) mass is 817 g/mol. The van der Waals surface area contributed by atoms with Crippen molar-refractivity contribution in [3.63, 3.8) is 0 Å². The molecule has 0 unspecified atom stereocenters. The van der Waals surface area contributed by atoms with Crippen molar-refractivity contribution < 1.29 is 4.42 Å². The molecule has 0 amide bonds. The summed E-state index contributed by atoms with van der Waals surface area (Å²) >= 11 is 0. The van der Waals surface area contributed by atoms with Crippen molar-refractivity contribution in [2.45, 2.75) is 0 Å². The van der Waals surface area contributed by atoms with Gasteiger partial charge in [0.1, 0.15) is 11.2 Å². The van der Waals surface area contributed by atoms with Gasteiger partial charge in [0.05, 0.1) is 22.1 Å². The third-order valence-corrected chi connectivity index (χ3v) is 12.9. The van der Waals surface area contributed by atoms with Gasteiger partial charge in [-0.05, 0) is 119 Å². The van der Waals surface area contributed by atoms with Crippen LogP contribution in [0.2, 0.25) is 0 Å². The molecule has 0 spiro atoms. The molecule has 64 heavy (non-hydrogen) atoms. The van der Waals surface area contributed by atoms with Crippen LogP contribution in [0, 0.1) is 0 Å². The lowest BCUT2D eigenvalue weighted by Gasteiger charge is -2.26. The maximum atomic E-state index is 6.40. The summed E-state index contributed by atoms with van der Waals surface area (Å²) in [5.41, 5.74) is 16.7. The second kappa shape index (κ2) is 14.5. The van der Waals surface area contributed by atoms with Gasteiger partial charge in [0, 0.05) is 66.8 Å². The van der Waals surface area contributed by atoms with Crippen LogP contribution in [-0.4, -0.2) is 9.13 Å². The molecule has 3 aromatic heterocycles. The number of furan rings is 1. The highest BCUT2D eigenvalue weighted by Crippen LogP contribution is 2.43. The molecule has 0 fully saturated rings. The molecule has 0 aliphatic rings. The Morgan fingerprint density at radius 3 is 1.38 bits per heavy atom. The zero-order valence-electron chi connectivity index (χ0n) is 34.8. The summed E-state index contributed by atoms with van der Waals surface area (Å²) in [6.07, 6.45) is 0. The molecule has 0 aliphatic carbocycles. The summed E-state index contributed by atoms with van der Waals surface area (Å²) in [6, 6.07) is 85.1. The maximum Gasteiger partial charge on any atom is 0.137 e. The molecule has 0 aliphatic heterocycles. The van der Waals surface area contributed by atoms with Gasteiger partial charge in [0.25, 0.3) is 0 Å². The Labute approximate surface area is 369 Å². The minimum Gasteiger partial charge on any atom is -0.456 e. The van der Waals surface area contributed by atoms with Gasteiger partial charge in [0.15, 0.2) is 0 Å². The minimum atomic E-state index is 0.866. The Hall–Kier alpha value is -8.60. The molecule has 4 heteroatoms. The highest BCUT2D eigenvalue weighted by Gasteiger charge is 2.20. The number of anilines is 3. The van der Waals surface area contributed by atoms with Crippen molar-refractivity contribution in [3.05, 3.63) is 237 Å². The van der Waals surface area contributed by atoms with E-state index < -0.39 is 0 Å². The van der Waals surface area contributed by atoms with Crippen LogP contribution in [0.3, 0.4) is 0 Å². The zero-order valence-corrected chi connectivity index (χ0v) is 34.8. The fourth-order valence-corrected chi connectivity index (χ4v) is 9.91. The van der Waals surface area contributed by atoms with Crippen molar-refractivity contribution in [2.75, 3.05) is 4.90 Å². The normalized spacial score (nSPS) is 11.8. The Morgan fingerprint density at radius 2 is 0.719 bits per heavy atom. The number of para-hydroxylation sites is 4. The van der Waals surface area contributed by atoms with Crippen LogP contribution < -0.4 is 4.90 Å². The average molecular weight is 818 g/mol. The first kappa shape index (κ1) is 36.1. The van der Waals surface area contributed by atoms with Crippen LogP contribution in [0.15, 0.2) is 241 Å². The molecule has 13 aromatic rings. The molecule has 0 bridgehead atoms. The van der Waals surface area contributed by atoms with Gasteiger partial charge in [-0.2, -0.15) is 0 Å². The molecule has 0 atom stereocenters. The largest absolute Gasteiger partial charge is 0.456 e. The van der Waals surface area contributed by atoms with Crippen LogP contribution in [0.25, 0.3) is 99.2 Å². The first-order valence-corrected chi connectivity index (χ1v) is 21.8. The fourth-order valence-electron chi connectivity index (χ4n) is 9.91. The van der Waals surface area contributed by atoms with Crippen LogP contribution in [0.4, 0.5) is 17.1 Å². The third-order valence-electron chi connectivity index (χ3n) is 12.9. The van der Waals surface area contributed by atoms with Gasteiger partial charge in [-0.3, -0.25) is 0 Å². The number of fused-ring (bicyclic) bond motifs is 9. The first-order chi connectivity index (χ1) is 31.7. The summed E-state index contributed by atoms with van der Waals surface area (Å²) in [5.74, 6) is 0. The highest BCUT2D eigenvalue weighted by atomic mass is 16.3. The van der Waals surface area contributed by atoms with E-state index in [2.05, 4.69) is 238 Å². The Bertz CT molecular complexity index is 3860. The van der Waals surface area contributed by atoms with E-state index in [-0.39, 0.29) is 0 Å². The lowest BCUT2D eigenvalue weighted by molar-refractivity contribution is 0.669. The average Bonchev–Trinajstić information content (AvgIpc) is 4.01. The van der Waals surface area contributed by atoms with Gasteiger partial charge in [0.2, 0.25) is 0 Å². The standard InChI is InChI=1S/C60H39N3O/c1-4-14-40(15-5-1)41-24-29-46(30-25-41)61(48-33-34-51-50-21-11-13-23-59(50)64-60(51)37-48)47-31-26-42(27-32-47)43-28-35-56-52(36-43)54-39-57-53(38-58(54)63(56)45-18-8-3-9-19-45)49-20-10-12-22-55(49)62(57)44-16-6-2-7-17-44/h1-39H. The number of rotatable bonds is 7. The van der Waals surface area contributed by atoms with Crippen LogP contribution in [0.5, 0.6) is 0 Å². The molecule has 300 valence electrons.